The van der Waals surface area contributed by atoms with Crippen LogP contribution >= 0.6 is 11.3 Å². The maximum atomic E-state index is 13.3. The first-order valence-electron chi connectivity index (χ1n) is 6.39. The zero-order valence-electron chi connectivity index (χ0n) is 11.5. The third-order valence-electron chi connectivity index (χ3n) is 2.61. The van der Waals surface area contributed by atoms with Gasteiger partial charge >= 0.3 is 0 Å². The fourth-order valence-electron chi connectivity index (χ4n) is 1.62. The molecular formula is C15H14FN3OS. The molecule has 1 aromatic carbocycles. The van der Waals surface area contributed by atoms with Gasteiger partial charge in [-0.15, -0.1) is 11.3 Å². The first-order valence-corrected chi connectivity index (χ1v) is 7.27. The van der Waals surface area contributed by atoms with Crippen molar-refractivity contribution < 1.29 is 9.13 Å². The number of hydrogen-bond donors (Lipinski definition) is 0. The molecule has 108 valence electrons. The van der Waals surface area contributed by atoms with E-state index in [0.29, 0.717) is 6.54 Å². The molecule has 0 bridgehead atoms. The summed E-state index contributed by atoms with van der Waals surface area (Å²) < 4.78 is 18.6. The molecule has 2 aromatic rings. The van der Waals surface area contributed by atoms with Crippen LogP contribution in [0.4, 0.5) is 4.39 Å². The van der Waals surface area contributed by atoms with E-state index >= 15 is 0 Å². The summed E-state index contributed by atoms with van der Waals surface area (Å²) in [7, 11) is 0. The first-order chi connectivity index (χ1) is 10.2. The van der Waals surface area contributed by atoms with Crippen LogP contribution in [0.1, 0.15) is 16.6 Å². The van der Waals surface area contributed by atoms with Gasteiger partial charge in [0.25, 0.3) is 0 Å². The summed E-state index contributed by atoms with van der Waals surface area (Å²) >= 11 is 1.44. The van der Waals surface area contributed by atoms with Crippen molar-refractivity contribution in [3.05, 3.63) is 46.2 Å². The minimum Gasteiger partial charge on any atom is -0.489 e. The van der Waals surface area contributed by atoms with Crippen LogP contribution in [0.25, 0.3) is 0 Å². The average Bonchev–Trinajstić information content (AvgIpc) is 2.91. The second-order valence-corrected chi connectivity index (χ2v) is 5.16. The summed E-state index contributed by atoms with van der Waals surface area (Å²) in [5, 5.41) is 11.7. The quantitative estimate of drug-likeness (QED) is 0.607. The molecular weight excluding hydrogens is 289 g/mol. The number of ether oxygens (including phenoxy) is 1. The monoisotopic (exact) mass is 303 g/mol. The van der Waals surface area contributed by atoms with Gasteiger partial charge in [0.05, 0.1) is 12.6 Å². The van der Waals surface area contributed by atoms with Crippen molar-refractivity contribution in [3.63, 3.8) is 0 Å². The molecule has 0 fully saturated rings. The van der Waals surface area contributed by atoms with Gasteiger partial charge in [-0.05, 0) is 19.1 Å². The number of halogens is 1. The number of thiazole rings is 1. The lowest BCUT2D eigenvalue weighted by Crippen LogP contribution is -2.04. The molecule has 0 amide bonds. The molecule has 1 heterocycles. The zero-order valence-corrected chi connectivity index (χ0v) is 12.3. The van der Waals surface area contributed by atoms with Gasteiger partial charge in [-0.2, -0.15) is 5.26 Å². The third kappa shape index (κ3) is 4.36. The minimum absolute atomic E-state index is 0.208. The van der Waals surface area contributed by atoms with Crippen LogP contribution < -0.4 is 4.74 Å². The van der Waals surface area contributed by atoms with E-state index in [-0.39, 0.29) is 12.4 Å². The molecule has 0 aliphatic carbocycles. The Morgan fingerprint density at radius 1 is 1.52 bits per heavy atom. The number of hydrogen-bond acceptors (Lipinski definition) is 5. The summed E-state index contributed by atoms with van der Waals surface area (Å²) in [5.41, 5.74) is 0.895. The van der Waals surface area contributed by atoms with Crippen molar-refractivity contribution in [2.24, 2.45) is 4.99 Å². The second kappa shape index (κ2) is 7.50. The van der Waals surface area contributed by atoms with E-state index in [2.05, 4.69) is 16.0 Å². The van der Waals surface area contributed by atoms with Crippen LogP contribution in [0.2, 0.25) is 0 Å². The fraction of sp³-hybridized carbons (Fsp3) is 0.267. The Bertz CT molecular complexity index is 663. The highest BCUT2D eigenvalue weighted by Crippen LogP contribution is 2.18. The van der Waals surface area contributed by atoms with Crippen molar-refractivity contribution in [3.8, 4) is 11.8 Å². The van der Waals surface area contributed by atoms with Gasteiger partial charge in [-0.25, -0.2) is 9.37 Å². The molecule has 0 unspecified atom stereocenters. The molecule has 1 atom stereocenters. The normalized spacial score (nSPS) is 12.2. The van der Waals surface area contributed by atoms with Crippen molar-refractivity contribution in [1.82, 2.24) is 4.98 Å². The Labute approximate surface area is 126 Å². The van der Waals surface area contributed by atoms with Crippen LogP contribution in [-0.4, -0.2) is 24.4 Å². The number of rotatable bonds is 6. The molecule has 1 aromatic heterocycles. The van der Waals surface area contributed by atoms with E-state index in [1.165, 1.54) is 17.4 Å². The molecule has 0 saturated heterocycles. The largest absolute Gasteiger partial charge is 0.489 e. The SMILES string of the molecule is Cc1csc([C@@H](C#N)C=NCCOc2ccccc2F)n1. The molecule has 4 nitrogen and oxygen atoms in total. The van der Waals surface area contributed by atoms with Crippen molar-refractivity contribution in [1.29, 1.82) is 5.26 Å². The zero-order chi connectivity index (χ0) is 15.1. The lowest BCUT2D eigenvalue weighted by Gasteiger charge is -2.04. The van der Waals surface area contributed by atoms with Crippen molar-refractivity contribution >= 4 is 17.6 Å². The molecule has 21 heavy (non-hydrogen) atoms. The standard InChI is InChI=1S/C15H14FN3OS/c1-11-10-21-15(19-11)12(8-17)9-18-6-7-20-14-5-3-2-4-13(14)16/h2-5,9-10,12H,6-7H2,1H3/t12-/m0/s1. The van der Waals surface area contributed by atoms with Gasteiger partial charge in [0.2, 0.25) is 0 Å². The summed E-state index contributed by atoms with van der Waals surface area (Å²) in [5.74, 6) is -0.633. The highest BCUT2D eigenvalue weighted by atomic mass is 32.1. The van der Waals surface area contributed by atoms with Gasteiger partial charge in [0, 0.05) is 17.3 Å². The molecule has 6 heteroatoms. The van der Waals surface area contributed by atoms with E-state index in [9.17, 15) is 4.39 Å². The smallest absolute Gasteiger partial charge is 0.165 e. The van der Waals surface area contributed by atoms with E-state index in [0.717, 1.165) is 10.7 Å². The van der Waals surface area contributed by atoms with Gasteiger partial charge in [0.1, 0.15) is 17.5 Å². The number of nitriles is 1. The maximum Gasteiger partial charge on any atom is 0.165 e. The van der Waals surface area contributed by atoms with E-state index in [4.69, 9.17) is 10.00 Å². The predicted octanol–water partition coefficient (Wildman–Crippen LogP) is 3.35. The Morgan fingerprint density at radius 3 is 3.00 bits per heavy atom. The molecule has 0 N–H and O–H groups in total. The van der Waals surface area contributed by atoms with Gasteiger partial charge < -0.3 is 4.74 Å². The first kappa shape index (κ1) is 15.1. The summed E-state index contributed by atoms with van der Waals surface area (Å²) in [4.78, 5) is 8.41. The highest BCUT2D eigenvalue weighted by Gasteiger charge is 2.11. The van der Waals surface area contributed by atoms with Gasteiger partial charge in [-0.1, -0.05) is 12.1 Å². The Morgan fingerprint density at radius 2 is 2.33 bits per heavy atom. The Balaban J connectivity index is 1.82. The van der Waals surface area contributed by atoms with Crippen LogP contribution in [-0.2, 0) is 0 Å². The van der Waals surface area contributed by atoms with E-state index < -0.39 is 11.7 Å². The molecule has 2 rings (SSSR count). The van der Waals surface area contributed by atoms with Crippen molar-refractivity contribution in [2.75, 3.05) is 13.2 Å². The number of para-hydroxylation sites is 1. The lowest BCUT2D eigenvalue weighted by molar-refractivity contribution is 0.311. The molecule has 0 aliphatic rings. The summed E-state index contributed by atoms with van der Waals surface area (Å²) in [6, 6.07) is 8.37. The highest BCUT2D eigenvalue weighted by molar-refractivity contribution is 7.09. The summed E-state index contributed by atoms with van der Waals surface area (Å²) in [6.45, 7) is 2.50. The average molecular weight is 303 g/mol. The summed E-state index contributed by atoms with van der Waals surface area (Å²) in [6.07, 6.45) is 1.56. The number of aliphatic imine (C=N–C) groups is 1. The number of nitrogens with zero attached hydrogens (tertiary/aromatic N) is 3. The van der Waals surface area contributed by atoms with E-state index in [1.807, 2.05) is 12.3 Å². The number of aryl methyl sites for hydroxylation is 1. The minimum atomic E-state index is -0.447. The maximum absolute atomic E-state index is 13.3. The Kier molecular flexibility index (Phi) is 5.41. The molecule has 0 spiro atoms. The third-order valence-corrected chi connectivity index (χ3v) is 3.66. The van der Waals surface area contributed by atoms with E-state index in [1.54, 1.807) is 24.4 Å². The second-order valence-electron chi connectivity index (χ2n) is 4.27. The van der Waals surface area contributed by atoms with Gasteiger partial charge in [-0.3, -0.25) is 4.99 Å². The Hall–Kier alpha value is -2.26. The molecule has 0 aliphatic heterocycles. The van der Waals surface area contributed by atoms with Crippen molar-refractivity contribution in [2.45, 2.75) is 12.8 Å². The van der Waals surface area contributed by atoms with Gasteiger partial charge in [0.15, 0.2) is 11.6 Å². The van der Waals surface area contributed by atoms with Crippen LogP contribution in [0.3, 0.4) is 0 Å². The number of benzene rings is 1. The number of aromatic nitrogens is 1. The predicted molar refractivity (Wildman–Crippen MR) is 80.5 cm³/mol. The van der Waals surface area contributed by atoms with Crippen LogP contribution in [0.15, 0.2) is 34.6 Å². The topological polar surface area (TPSA) is 58.3 Å². The van der Waals surface area contributed by atoms with Crippen LogP contribution in [0.5, 0.6) is 5.75 Å². The molecule has 0 saturated carbocycles. The molecule has 0 radical (unpaired) electrons. The fourth-order valence-corrected chi connectivity index (χ4v) is 2.42. The lowest BCUT2D eigenvalue weighted by atomic mass is 10.2. The van der Waals surface area contributed by atoms with Crippen LogP contribution in [0, 0.1) is 24.1 Å².